The number of benzene rings is 2. The molecule has 0 fully saturated rings. The Hall–Kier alpha value is -1.12. The zero-order valence-electron chi connectivity index (χ0n) is 11.1. The van der Waals surface area contributed by atoms with Crippen LogP contribution in [0.1, 0.15) is 16.7 Å². The first kappa shape index (κ1) is 14.3. The van der Waals surface area contributed by atoms with Gasteiger partial charge < -0.3 is 5.11 Å². The Morgan fingerprint density at radius 1 is 1.05 bits per heavy atom. The molecule has 0 saturated heterocycles. The average molecular weight is 319 g/mol. The van der Waals surface area contributed by atoms with Crippen LogP contribution in [-0.2, 0) is 12.8 Å². The number of hydrogen-bond donors (Lipinski definition) is 1. The number of hydrogen-bond acceptors (Lipinski definition) is 1. The maximum absolute atomic E-state index is 9.60. The number of rotatable bonds is 5. The Kier molecular flexibility index (Phi) is 5.17. The molecule has 2 aromatic rings. The molecule has 1 nitrogen and oxygen atoms in total. The van der Waals surface area contributed by atoms with Crippen molar-refractivity contribution in [3.63, 3.8) is 0 Å². The summed E-state index contributed by atoms with van der Waals surface area (Å²) in [7, 11) is 0. The van der Waals surface area contributed by atoms with Gasteiger partial charge in [-0.25, -0.2) is 0 Å². The van der Waals surface area contributed by atoms with E-state index < -0.39 is 0 Å². The smallest absolute Gasteiger partial charge is 0.0465 e. The summed E-state index contributed by atoms with van der Waals surface area (Å²) in [4.78, 5) is 0. The molecule has 0 saturated carbocycles. The van der Waals surface area contributed by atoms with Crippen molar-refractivity contribution in [2.75, 3.05) is 6.61 Å². The first-order valence-corrected chi connectivity index (χ1v) is 7.38. The van der Waals surface area contributed by atoms with Crippen LogP contribution in [0, 0.1) is 12.8 Å². The largest absolute Gasteiger partial charge is 0.396 e. The predicted octanol–water partition coefficient (Wildman–Crippen LogP) is 4.15. The van der Waals surface area contributed by atoms with Crippen molar-refractivity contribution in [1.82, 2.24) is 0 Å². The van der Waals surface area contributed by atoms with E-state index in [1.54, 1.807) is 0 Å². The zero-order chi connectivity index (χ0) is 13.7. The summed E-state index contributed by atoms with van der Waals surface area (Å²) in [6, 6.07) is 16.7. The highest BCUT2D eigenvalue weighted by molar-refractivity contribution is 9.10. The minimum atomic E-state index is 0.223. The molecule has 0 aromatic heterocycles. The fourth-order valence-electron chi connectivity index (χ4n) is 2.35. The maximum atomic E-state index is 9.60. The Balaban J connectivity index is 2.07. The number of aliphatic hydroxyl groups excluding tert-OH is 1. The van der Waals surface area contributed by atoms with Crippen LogP contribution in [0.5, 0.6) is 0 Å². The van der Waals surface area contributed by atoms with Crippen molar-refractivity contribution in [1.29, 1.82) is 0 Å². The van der Waals surface area contributed by atoms with Crippen molar-refractivity contribution < 1.29 is 5.11 Å². The number of aryl methyl sites for hydroxylation is 1. The summed E-state index contributed by atoms with van der Waals surface area (Å²) in [5.74, 6) is 0.274. The van der Waals surface area contributed by atoms with Crippen LogP contribution < -0.4 is 0 Å². The zero-order valence-corrected chi connectivity index (χ0v) is 12.7. The van der Waals surface area contributed by atoms with Gasteiger partial charge in [-0.2, -0.15) is 0 Å². The minimum absolute atomic E-state index is 0.223. The monoisotopic (exact) mass is 318 g/mol. The number of halogens is 1. The second-order valence-corrected chi connectivity index (χ2v) is 5.93. The summed E-state index contributed by atoms with van der Waals surface area (Å²) in [5, 5.41) is 9.60. The fraction of sp³-hybridized carbons (Fsp3) is 0.294. The van der Waals surface area contributed by atoms with Crippen LogP contribution in [0.2, 0.25) is 0 Å². The fourth-order valence-corrected chi connectivity index (χ4v) is 2.80. The van der Waals surface area contributed by atoms with Gasteiger partial charge in [0.1, 0.15) is 0 Å². The van der Waals surface area contributed by atoms with Crippen LogP contribution in [0.15, 0.2) is 53.0 Å². The normalized spacial score (nSPS) is 12.4. The van der Waals surface area contributed by atoms with Gasteiger partial charge in [-0.05, 0) is 54.5 Å². The topological polar surface area (TPSA) is 20.2 Å². The highest BCUT2D eigenvalue weighted by atomic mass is 79.9. The molecule has 0 aliphatic heterocycles. The third-order valence-corrected chi connectivity index (χ3v) is 3.93. The molecule has 2 rings (SSSR count). The van der Waals surface area contributed by atoms with E-state index in [1.807, 2.05) is 12.1 Å². The summed E-state index contributed by atoms with van der Waals surface area (Å²) >= 11 is 3.49. The summed E-state index contributed by atoms with van der Waals surface area (Å²) in [6.07, 6.45) is 1.83. The molecule has 1 atom stereocenters. The molecule has 2 aromatic carbocycles. The molecular formula is C17H19BrO. The summed E-state index contributed by atoms with van der Waals surface area (Å²) < 4.78 is 1.09. The van der Waals surface area contributed by atoms with Gasteiger partial charge in [-0.1, -0.05) is 52.3 Å². The molecule has 1 N–H and O–H groups in total. The van der Waals surface area contributed by atoms with E-state index in [9.17, 15) is 5.11 Å². The molecule has 0 bridgehead atoms. The molecule has 1 unspecified atom stereocenters. The molecule has 19 heavy (non-hydrogen) atoms. The first-order valence-electron chi connectivity index (χ1n) is 6.59. The highest BCUT2D eigenvalue weighted by Crippen LogP contribution is 2.19. The highest BCUT2D eigenvalue weighted by Gasteiger charge is 2.11. The average Bonchev–Trinajstić information content (AvgIpc) is 2.40. The van der Waals surface area contributed by atoms with Gasteiger partial charge in [-0.3, -0.25) is 0 Å². The third-order valence-electron chi connectivity index (χ3n) is 3.44. The summed E-state index contributed by atoms with van der Waals surface area (Å²) in [5.41, 5.74) is 3.90. The van der Waals surface area contributed by atoms with Gasteiger partial charge in [0.25, 0.3) is 0 Å². The Labute approximate surface area is 123 Å². The molecule has 0 radical (unpaired) electrons. The molecule has 100 valence electrons. The van der Waals surface area contributed by atoms with Crippen LogP contribution in [-0.4, -0.2) is 11.7 Å². The molecule has 0 aliphatic rings. The van der Waals surface area contributed by atoms with Crippen molar-refractivity contribution >= 4 is 15.9 Å². The van der Waals surface area contributed by atoms with E-state index in [2.05, 4.69) is 59.3 Å². The van der Waals surface area contributed by atoms with E-state index in [-0.39, 0.29) is 12.5 Å². The van der Waals surface area contributed by atoms with Crippen molar-refractivity contribution in [2.45, 2.75) is 19.8 Å². The maximum Gasteiger partial charge on any atom is 0.0465 e. The second kappa shape index (κ2) is 6.88. The van der Waals surface area contributed by atoms with Gasteiger partial charge in [0.05, 0.1) is 0 Å². The Morgan fingerprint density at radius 3 is 2.53 bits per heavy atom. The van der Waals surface area contributed by atoms with Crippen LogP contribution in [0.25, 0.3) is 0 Å². The predicted molar refractivity (Wildman–Crippen MR) is 83.3 cm³/mol. The van der Waals surface area contributed by atoms with E-state index in [0.717, 1.165) is 17.3 Å². The third kappa shape index (κ3) is 4.19. The molecular weight excluding hydrogens is 300 g/mol. The molecule has 0 amide bonds. The van der Waals surface area contributed by atoms with Crippen molar-refractivity contribution in [3.05, 3.63) is 69.7 Å². The van der Waals surface area contributed by atoms with Crippen molar-refractivity contribution in [3.8, 4) is 0 Å². The van der Waals surface area contributed by atoms with E-state index in [0.29, 0.717) is 0 Å². The Bertz CT molecular complexity index is 536. The van der Waals surface area contributed by atoms with E-state index in [1.165, 1.54) is 16.7 Å². The van der Waals surface area contributed by atoms with Gasteiger partial charge in [0, 0.05) is 11.1 Å². The molecule has 0 spiro atoms. The lowest BCUT2D eigenvalue weighted by molar-refractivity contribution is 0.225. The lowest BCUT2D eigenvalue weighted by Crippen LogP contribution is -2.13. The quantitative estimate of drug-likeness (QED) is 0.878. The SMILES string of the molecule is Cc1ccccc1CC(CO)Cc1cccc(Br)c1. The van der Waals surface area contributed by atoms with Gasteiger partial charge in [-0.15, -0.1) is 0 Å². The number of aliphatic hydroxyl groups is 1. The standard InChI is InChI=1S/C17H19BrO/c1-13-5-2-3-7-16(13)10-15(12-19)9-14-6-4-8-17(18)11-14/h2-8,11,15,19H,9-10,12H2,1H3. The van der Waals surface area contributed by atoms with Gasteiger partial charge >= 0.3 is 0 Å². The summed E-state index contributed by atoms with van der Waals surface area (Å²) in [6.45, 7) is 2.35. The lowest BCUT2D eigenvalue weighted by atomic mass is 9.91. The first-order chi connectivity index (χ1) is 9.19. The molecule has 0 heterocycles. The second-order valence-electron chi connectivity index (χ2n) is 5.01. The van der Waals surface area contributed by atoms with Crippen molar-refractivity contribution in [2.24, 2.45) is 5.92 Å². The minimum Gasteiger partial charge on any atom is -0.396 e. The van der Waals surface area contributed by atoms with Crippen LogP contribution >= 0.6 is 15.9 Å². The Morgan fingerprint density at radius 2 is 1.84 bits per heavy atom. The molecule has 0 aliphatic carbocycles. The molecule has 2 heteroatoms. The van der Waals surface area contributed by atoms with E-state index >= 15 is 0 Å². The van der Waals surface area contributed by atoms with Crippen LogP contribution in [0.4, 0.5) is 0 Å². The van der Waals surface area contributed by atoms with E-state index in [4.69, 9.17) is 0 Å². The van der Waals surface area contributed by atoms with Gasteiger partial charge in [0.2, 0.25) is 0 Å². The van der Waals surface area contributed by atoms with Crippen LogP contribution in [0.3, 0.4) is 0 Å². The lowest BCUT2D eigenvalue weighted by Gasteiger charge is -2.16. The van der Waals surface area contributed by atoms with Gasteiger partial charge in [0.15, 0.2) is 0 Å².